The predicted molar refractivity (Wildman–Crippen MR) is 86.2 cm³/mol. The van der Waals surface area contributed by atoms with Gasteiger partial charge in [-0.25, -0.2) is 0 Å². The SMILES string of the molecule is CC.CCCCCN1CCN(CCN2CC(O)C2)CC1. The molecule has 0 amide bonds. The molecule has 0 aromatic heterocycles. The van der Waals surface area contributed by atoms with Gasteiger partial charge in [-0.1, -0.05) is 33.6 Å². The largest absolute Gasteiger partial charge is 0.390 e. The monoisotopic (exact) mass is 285 g/mol. The molecule has 0 saturated carbocycles. The summed E-state index contributed by atoms with van der Waals surface area (Å²) >= 11 is 0. The molecular formula is C16H35N3O. The summed E-state index contributed by atoms with van der Waals surface area (Å²) in [6.07, 6.45) is 4.00. The zero-order valence-corrected chi connectivity index (χ0v) is 13.9. The fraction of sp³-hybridized carbons (Fsp3) is 1.00. The lowest BCUT2D eigenvalue weighted by atomic mass is 10.1. The standard InChI is InChI=1S/C14H29N3O.C2H6/c1-2-3-4-5-15-6-8-16(9-7-15)10-11-17-12-14(18)13-17;1-2/h14,18H,2-13H2,1H3;1-2H3. The maximum Gasteiger partial charge on any atom is 0.0793 e. The van der Waals surface area contributed by atoms with Crippen LogP contribution in [0.4, 0.5) is 0 Å². The fourth-order valence-electron chi connectivity index (χ4n) is 2.83. The molecule has 4 heteroatoms. The van der Waals surface area contributed by atoms with Crippen LogP contribution in [0.15, 0.2) is 0 Å². The second-order valence-electron chi connectivity index (χ2n) is 5.80. The van der Waals surface area contributed by atoms with Gasteiger partial charge in [0.25, 0.3) is 0 Å². The molecule has 20 heavy (non-hydrogen) atoms. The van der Waals surface area contributed by atoms with Crippen LogP contribution in [0.1, 0.15) is 40.0 Å². The highest BCUT2D eigenvalue weighted by Gasteiger charge is 2.24. The Morgan fingerprint density at radius 2 is 1.30 bits per heavy atom. The quantitative estimate of drug-likeness (QED) is 0.718. The van der Waals surface area contributed by atoms with E-state index in [-0.39, 0.29) is 6.10 Å². The van der Waals surface area contributed by atoms with Gasteiger partial charge in [0.2, 0.25) is 0 Å². The number of rotatable bonds is 7. The number of piperazine rings is 1. The van der Waals surface area contributed by atoms with Crippen LogP contribution in [-0.4, -0.2) is 84.8 Å². The highest BCUT2D eigenvalue weighted by atomic mass is 16.3. The van der Waals surface area contributed by atoms with E-state index < -0.39 is 0 Å². The summed E-state index contributed by atoms with van der Waals surface area (Å²) in [6.45, 7) is 16.6. The minimum atomic E-state index is -0.0552. The molecule has 0 aromatic rings. The van der Waals surface area contributed by atoms with Crippen LogP contribution < -0.4 is 0 Å². The second-order valence-corrected chi connectivity index (χ2v) is 5.80. The number of aliphatic hydroxyl groups is 1. The Bertz CT molecular complexity index is 224. The van der Waals surface area contributed by atoms with E-state index in [1.807, 2.05) is 13.8 Å². The summed E-state index contributed by atoms with van der Waals surface area (Å²) in [5.41, 5.74) is 0. The summed E-state index contributed by atoms with van der Waals surface area (Å²) in [5, 5.41) is 9.23. The minimum absolute atomic E-state index is 0.0552. The van der Waals surface area contributed by atoms with E-state index >= 15 is 0 Å². The van der Waals surface area contributed by atoms with Gasteiger partial charge in [-0.05, 0) is 13.0 Å². The molecule has 2 aliphatic rings. The number of likely N-dealkylation sites (tertiary alicyclic amines) is 1. The smallest absolute Gasteiger partial charge is 0.0793 e. The first-order chi connectivity index (χ1) is 9.78. The van der Waals surface area contributed by atoms with Gasteiger partial charge in [-0.15, -0.1) is 0 Å². The molecule has 4 nitrogen and oxygen atoms in total. The second kappa shape index (κ2) is 10.6. The average molecular weight is 285 g/mol. The Balaban J connectivity index is 0.000000956. The molecule has 0 aliphatic carbocycles. The number of hydrogen-bond donors (Lipinski definition) is 1. The number of hydrogen-bond acceptors (Lipinski definition) is 4. The molecule has 1 N–H and O–H groups in total. The fourth-order valence-corrected chi connectivity index (χ4v) is 2.83. The van der Waals surface area contributed by atoms with Gasteiger partial charge in [0.05, 0.1) is 6.10 Å². The van der Waals surface area contributed by atoms with E-state index in [2.05, 4.69) is 21.6 Å². The lowest BCUT2D eigenvalue weighted by molar-refractivity contribution is -0.00509. The third-order valence-electron chi connectivity index (χ3n) is 4.21. The van der Waals surface area contributed by atoms with Crippen LogP contribution in [0.3, 0.4) is 0 Å². The molecule has 2 saturated heterocycles. The first-order valence-corrected chi connectivity index (χ1v) is 8.63. The van der Waals surface area contributed by atoms with Crippen molar-refractivity contribution in [2.24, 2.45) is 0 Å². The van der Waals surface area contributed by atoms with Crippen molar-refractivity contribution in [1.82, 2.24) is 14.7 Å². The number of aliphatic hydroxyl groups excluding tert-OH is 1. The molecule has 0 radical (unpaired) electrons. The van der Waals surface area contributed by atoms with E-state index in [9.17, 15) is 5.11 Å². The minimum Gasteiger partial charge on any atom is -0.390 e. The summed E-state index contributed by atoms with van der Waals surface area (Å²) in [6, 6.07) is 0. The third-order valence-corrected chi connectivity index (χ3v) is 4.21. The molecule has 0 bridgehead atoms. The van der Waals surface area contributed by atoms with Crippen LogP contribution in [0.2, 0.25) is 0 Å². The molecule has 0 aromatic carbocycles. The van der Waals surface area contributed by atoms with E-state index in [0.717, 1.165) is 19.6 Å². The van der Waals surface area contributed by atoms with Crippen molar-refractivity contribution < 1.29 is 5.11 Å². The van der Waals surface area contributed by atoms with Gasteiger partial charge in [-0.2, -0.15) is 0 Å². The van der Waals surface area contributed by atoms with Gasteiger partial charge in [0, 0.05) is 52.4 Å². The van der Waals surface area contributed by atoms with E-state index in [4.69, 9.17) is 0 Å². The molecule has 2 fully saturated rings. The third kappa shape index (κ3) is 6.53. The summed E-state index contributed by atoms with van der Waals surface area (Å²) in [5.74, 6) is 0. The molecule has 0 atom stereocenters. The predicted octanol–water partition coefficient (Wildman–Crippen LogP) is 1.50. The Labute approximate surface area is 125 Å². The normalized spacial score (nSPS) is 22.2. The van der Waals surface area contributed by atoms with Gasteiger partial charge < -0.3 is 10.0 Å². The molecule has 120 valence electrons. The molecule has 2 rings (SSSR count). The molecule has 2 aliphatic heterocycles. The zero-order valence-electron chi connectivity index (χ0n) is 13.9. The topological polar surface area (TPSA) is 30.0 Å². The first-order valence-electron chi connectivity index (χ1n) is 8.63. The van der Waals surface area contributed by atoms with Gasteiger partial charge >= 0.3 is 0 Å². The molecule has 2 heterocycles. The number of unbranched alkanes of at least 4 members (excludes halogenated alkanes) is 2. The highest BCUT2D eigenvalue weighted by Crippen LogP contribution is 2.08. The van der Waals surface area contributed by atoms with Gasteiger partial charge in [-0.3, -0.25) is 9.80 Å². The van der Waals surface area contributed by atoms with Crippen LogP contribution in [0, 0.1) is 0 Å². The van der Waals surface area contributed by atoms with Crippen molar-refractivity contribution in [3.05, 3.63) is 0 Å². The molecule has 0 unspecified atom stereocenters. The van der Waals surface area contributed by atoms with E-state index in [1.165, 1.54) is 58.5 Å². The Morgan fingerprint density at radius 3 is 1.80 bits per heavy atom. The van der Waals surface area contributed by atoms with E-state index in [1.54, 1.807) is 0 Å². The first kappa shape index (κ1) is 17.9. The van der Waals surface area contributed by atoms with Crippen molar-refractivity contribution in [3.63, 3.8) is 0 Å². The van der Waals surface area contributed by atoms with Crippen molar-refractivity contribution in [1.29, 1.82) is 0 Å². The van der Waals surface area contributed by atoms with Crippen molar-refractivity contribution in [2.45, 2.75) is 46.1 Å². The van der Waals surface area contributed by atoms with Crippen LogP contribution in [0.5, 0.6) is 0 Å². The van der Waals surface area contributed by atoms with Crippen molar-refractivity contribution in [3.8, 4) is 0 Å². The lowest BCUT2D eigenvalue weighted by Crippen LogP contribution is -2.54. The molecule has 0 spiro atoms. The summed E-state index contributed by atoms with van der Waals surface area (Å²) < 4.78 is 0. The van der Waals surface area contributed by atoms with Crippen LogP contribution >= 0.6 is 0 Å². The van der Waals surface area contributed by atoms with Crippen molar-refractivity contribution in [2.75, 3.05) is 58.9 Å². The Morgan fingerprint density at radius 1 is 0.800 bits per heavy atom. The number of β-amino-alcohol motifs (C(OH)–C–C–N with tert-alkyl or cyclic N) is 1. The van der Waals surface area contributed by atoms with E-state index in [0.29, 0.717) is 0 Å². The lowest BCUT2D eigenvalue weighted by Gasteiger charge is -2.39. The maximum absolute atomic E-state index is 9.23. The number of nitrogens with zero attached hydrogens (tertiary/aromatic N) is 3. The van der Waals surface area contributed by atoms with Gasteiger partial charge in [0.1, 0.15) is 0 Å². The zero-order chi connectivity index (χ0) is 14.8. The van der Waals surface area contributed by atoms with Crippen LogP contribution in [0.25, 0.3) is 0 Å². The van der Waals surface area contributed by atoms with Crippen LogP contribution in [-0.2, 0) is 0 Å². The van der Waals surface area contributed by atoms with Gasteiger partial charge in [0.15, 0.2) is 0 Å². The Hall–Kier alpha value is -0.160. The average Bonchev–Trinajstić information content (AvgIpc) is 2.46. The maximum atomic E-state index is 9.23. The molecular weight excluding hydrogens is 250 g/mol. The Kier molecular flexibility index (Phi) is 9.44. The summed E-state index contributed by atoms with van der Waals surface area (Å²) in [4.78, 5) is 7.53. The van der Waals surface area contributed by atoms with Crippen molar-refractivity contribution >= 4 is 0 Å². The summed E-state index contributed by atoms with van der Waals surface area (Å²) in [7, 11) is 0. The highest BCUT2D eigenvalue weighted by molar-refractivity contribution is 4.80.